The second-order valence-corrected chi connectivity index (χ2v) is 7.01. The van der Waals surface area contributed by atoms with E-state index in [1.54, 1.807) is 19.1 Å². The van der Waals surface area contributed by atoms with E-state index in [1.807, 2.05) is 13.8 Å². The van der Waals surface area contributed by atoms with Gasteiger partial charge in [0.25, 0.3) is 0 Å². The Kier molecular flexibility index (Phi) is 4.70. The van der Waals surface area contributed by atoms with Gasteiger partial charge in [0.05, 0.1) is 16.6 Å². The second-order valence-electron chi connectivity index (χ2n) is 4.86. The molecule has 0 fully saturated rings. The van der Waals surface area contributed by atoms with Gasteiger partial charge in [-0.1, -0.05) is 18.5 Å². The van der Waals surface area contributed by atoms with E-state index >= 15 is 0 Å². The van der Waals surface area contributed by atoms with Gasteiger partial charge in [0, 0.05) is 10.7 Å². The SMILES string of the molecule is CCc1c(C(C)NS(=O)(=O)c2ccc(Cl)cc2)n[nH]c1C. The molecule has 2 aromatic rings. The number of rotatable bonds is 5. The summed E-state index contributed by atoms with van der Waals surface area (Å²) in [5, 5.41) is 7.60. The molecule has 0 radical (unpaired) electrons. The fraction of sp³-hybridized carbons (Fsp3) is 0.357. The van der Waals surface area contributed by atoms with Crippen LogP contribution in [0, 0.1) is 6.92 Å². The second kappa shape index (κ2) is 6.17. The highest BCUT2D eigenvalue weighted by Crippen LogP contribution is 2.21. The van der Waals surface area contributed by atoms with E-state index in [9.17, 15) is 8.42 Å². The molecule has 0 aliphatic carbocycles. The van der Waals surface area contributed by atoms with Crippen LogP contribution in [-0.2, 0) is 16.4 Å². The molecule has 0 saturated carbocycles. The fourth-order valence-corrected chi connectivity index (χ4v) is 3.58. The smallest absolute Gasteiger partial charge is 0.241 e. The monoisotopic (exact) mass is 327 g/mol. The van der Waals surface area contributed by atoms with Crippen LogP contribution < -0.4 is 4.72 Å². The Morgan fingerprint density at radius 3 is 2.52 bits per heavy atom. The van der Waals surface area contributed by atoms with Crippen molar-refractivity contribution in [1.82, 2.24) is 14.9 Å². The summed E-state index contributed by atoms with van der Waals surface area (Å²) in [4.78, 5) is 0.184. The standard InChI is InChI=1S/C14H18ClN3O2S/c1-4-13-9(2)16-17-14(13)10(3)18-21(19,20)12-7-5-11(15)6-8-12/h5-8,10,18H,4H2,1-3H3,(H,16,17). The summed E-state index contributed by atoms with van der Waals surface area (Å²) in [6, 6.07) is 5.65. The lowest BCUT2D eigenvalue weighted by molar-refractivity contribution is 0.562. The fourth-order valence-electron chi connectivity index (χ4n) is 2.25. The maximum Gasteiger partial charge on any atom is 0.241 e. The van der Waals surface area contributed by atoms with Gasteiger partial charge in [-0.15, -0.1) is 0 Å². The highest BCUT2D eigenvalue weighted by molar-refractivity contribution is 7.89. The highest BCUT2D eigenvalue weighted by Gasteiger charge is 2.22. The minimum absolute atomic E-state index is 0.184. The first-order valence-electron chi connectivity index (χ1n) is 6.66. The van der Waals surface area contributed by atoms with Crippen molar-refractivity contribution in [3.05, 3.63) is 46.2 Å². The van der Waals surface area contributed by atoms with Crippen LogP contribution in [0.5, 0.6) is 0 Å². The van der Waals surface area contributed by atoms with Gasteiger partial charge in [0.2, 0.25) is 10.0 Å². The lowest BCUT2D eigenvalue weighted by Gasteiger charge is -2.14. The zero-order chi connectivity index (χ0) is 15.6. The summed E-state index contributed by atoms with van der Waals surface area (Å²) < 4.78 is 27.3. The van der Waals surface area contributed by atoms with Gasteiger partial charge in [0.1, 0.15) is 0 Å². The van der Waals surface area contributed by atoms with E-state index in [1.165, 1.54) is 12.1 Å². The molecule has 0 spiro atoms. The number of aryl methyl sites for hydroxylation is 1. The maximum absolute atomic E-state index is 12.3. The number of aromatic nitrogens is 2. The van der Waals surface area contributed by atoms with Crippen LogP contribution in [0.2, 0.25) is 5.02 Å². The summed E-state index contributed by atoms with van der Waals surface area (Å²) in [5.74, 6) is 0. The summed E-state index contributed by atoms with van der Waals surface area (Å²) in [7, 11) is -3.60. The number of halogens is 1. The van der Waals surface area contributed by atoms with Crippen molar-refractivity contribution < 1.29 is 8.42 Å². The average molecular weight is 328 g/mol. The number of nitrogens with one attached hydrogen (secondary N) is 2. The van der Waals surface area contributed by atoms with Gasteiger partial charge in [-0.3, -0.25) is 5.10 Å². The number of hydrogen-bond donors (Lipinski definition) is 2. The van der Waals surface area contributed by atoms with Crippen molar-refractivity contribution in [1.29, 1.82) is 0 Å². The minimum atomic E-state index is -3.60. The Morgan fingerprint density at radius 1 is 1.33 bits per heavy atom. The maximum atomic E-state index is 12.3. The molecule has 7 heteroatoms. The van der Waals surface area contributed by atoms with Crippen LogP contribution in [0.25, 0.3) is 0 Å². The van der Waals surface area contributed by atoms with E-state index < -0.39 is 16.1 Å². The van der Waals surface area contributed by atoms with Crippen molar-refractivity contribution >= 4 is 21.6 Å². The third kappa shape index (κ3) is 3.45. The Bertz CT molecular complexity index is 723. The van der Waals surface area contributed by atoms with Crippen molar-refractivity contribution in [2.24, 2.45) is 0 Å². The number of aromatic amines is 1. The molecule has 0 amide bonds. The van der Waals surface area contributed by atoms with Crippen molar-refractivity contribution in [3.63, 3.8) is 0 Å². The summed E-state index contributed by atoms with van der Waals surface area (Å²) in [6.45, 7) is 5.72. The zero-order valence-electron chi connectivity index (χ0n) is 12.1. The molecular formula is C14H18ClN3O2S. The van der Waals surface area contributed by atoms with Crippen molar-refractivity contribution in [2.45, 2.75) is 38.1 Å². The minimum Gasteiger partial charge on any atom is -0.282 e. The number of hydrogen-bond acceptors (Lipinski definition) is 3. The molecule has 21 heavy (non-hydrogen) atoms. The summed E-state index contributed by atoms with van der Waals surface area (Å²) >= 11 is 5.78. The van der Waals surface area contributed by atoms with E-state index in [-0.39, 0.29) is 4.90 Å². The lowest BCUT2D eigenvalue weighted by atomic mass is 10.1. The van der Waals surface area contributed by atoms with Gasteiger partial charge >= 0.3 is 0 Å². The van der Waals surface area contributed by atoms with Crippen molar-refractivity contribution in [2.75, 3.05) is 0 Å². The zero-order valence-corrected chi connectivity index (χ0v) is 13.7. The van der Waals surface area contributed by atoms with E-state index in [2.05, 4.69) is 14.9 Å². The Morgan fingerprint density at radius 2 is 1.95 bits per heavy atom. The quantitative estimate of drug-likeness (QED) is 0.886. The first kappa shape index (κ1) is 16.0. The molecule has 1 unspecified atom stereocenters. The molecule has 2 rings (SSSR count). The van der Waals surface area contributed by atoms with Gasteiger partial charge in [-0.05, 0) is 50.1 Å². The molecular weight excluding hydrogens is 310 g/mol. The third-order valence-electron chi connectivity index (χ3n) is 3.33. The number of sulfonamides is 1. The van der Waals surface area contributed by atoms with E-state index in [0.717, 1.165) is 23.4 Å². The summed E-state index contributed by atoms with van der Waals surface area (Å²) in [5.41, 5.74) is 2.74. The molecule has 1 heterocycles. The molecule has 1 aromatic carbocycles. The number of benzene rings is 1. The Hall–Kier alpha value is -1.37. The summed E-state index contributed by atoms with van der Waals surface area (Å²) in [6.07, 6.45) is 0.796. The number of H-pyrrole nitrogens is 1. The molecule has 0 saturated heterocycles. The van der Waals surface area contributed by atoms with Gasteiger partial charge in [-0.25, -0.2) is 13.1 Å². The van der Waals surface area contributed by atoms with Gasteiger partial charge in [0.15, 0.2) is 0 Å². The molecule has 0 bridgehead atoms. The van der Waals surface area contributed by atoms with Gasteiger partial charge < -0.3 is 0 Å². The molecule has 1 atom stereocenters. The van der Waals surface area contributed by atoms with Gasteiger partial charge in [-0.2, -0.15) is 5.10 Å². The predicted octanol–water partition coefficient (Wildman–Crippen LogP) is 2.97. The number of nitrogens with zero attached hydrogens (tertiary/aromatic N) is 1. The van der Waals surface area contributed by atoms with E-state index in [4.69, 9.17) is 11.6 Å². The first-order valence-corrected chi connectivity index (χ1v) is 8.53. The topological polar surface area (TPSA) is 74.8 Å². The average Bonchev–Trinajstić information content (AvgIpc) is 2.80. The third-order valence-corrected chi connectivity index (χ3v) is 5.13. The van der Waals surface area contributed by atoms with Crippen LogP contribution in [0.1, 0.15) is 36.8 Å². The Balaban J connectivity index is 2.25. The molecule has 1 aromatic heterocycles. The Labute approximate surface area is 129 Å². The van der Waals surface area contributed by atoms with Crippen LogP contribution in [0.15, 0.2) is 29.2 Å². The largest absolute Gasteiger partial charge is 0.282 e. The van der Waals surface area contributed by atoms with Crippen LogP contribution in [0.4, 0.5) is 0 Å². The molecule has 5 nitrogen and oxygen atoms in total. The van der Waals surface area contributed by atoms with Crippen LogP contribution in [0.3, 0.4) is 0 Å². The molecule has 0 aliphatic heterocycles. The highest BCUT2D eigenvalue weighted by atomic mass is 35.5. The molecule has 0 aliphatic rings. The molecule has 114 valence electrons. The predicted molar refractivity (Wildman–Crippen MR) is 82.9 cm³/mol. The van der Waals surface area contributed by atoms with Crippen molar-refractivity contribution in [3.8, 4) is 0 Å². The van der Waals surface area contributed by atoms with Crippen LogP contribution >= 0.6 is 11.6 Å². The normalized spacial score (nSPS) is 13.3. The first-order chi connectivity index (χ1) is 9.85. The lowest BCUT2D eigenvalue weighted by Crippen LogP contribution is -2.27. The molecule has 2 N–H and O–H groups in total. The van der Waals surface area contributed by atoms with Crippen LogP contribution in [-0.4, -0.2) is 18.6 Å². The van der Waals surface area contributed by atoms with E-state index in [0.29, 0.717) is 5.02 Å².